The summed E-state index contributed by atoms with van der Waals surface area (Å²) in [5.74, 6) is 0.214. The van der Waals surface area contributed by atoms with E-state index in [2.05, 4.69) is 18.5 Å². The maximum absolute atomic E-state index is 12.5. The summed E-state index contributed by atoms with van der Waals surface area (Å²) in [5, 5.41) is 9.73. The van der Waals surface area contributed by atoms with Gasteiger partial charge in [-0.05, 0) is 39.2 Å². The molecule has 1 atom stereocenters. The standard InChI is InChI=1S/C17H30N2O2/c1-3-9-17(14-20)10-6-11-19(13-17)16(21)12-18(2)15-7-4-5-8-15/h3,15,20H,1,4-14H2,2H3/t17-/m1/s1. The predicted octanol–water partition coefficient (Wildman–Crippen LogP) is 2.04. The molecule has 2 fully saturated rings. The highest BCUT2D eigenvalue weighted by atomic mass is 16.3. The first-order valence-corrected chi connectivity index (χ1v) is 8.30. The van der Waals surface area contributed by atoms with Gasteiger partial charge in [0.05, 0.1) is 13.2 Å². The molecule has 120 valence electrons. The molecule has 1 aliphatic heterocycles. The molecule has 4 nitrogen and oxygen atoms in total. The van der Waals surface area contributed by atoms with Crippen molar-refractivity contribution in [3.8, 4) is 0 Å². The molecule has 2 aliphatic rings. The highest BCUT2D eigenvalue weighted by Gasteiger charge is 2.36. The number of allylic oxidation sites excluding steroid dienone is 1. The van der Waals surface area contributed by atoms with Gasteiger partial charge in [0.25, 0.3) is 0 Å². The van der Waals surface area contributed by atoms with E-state index in [9.17, 15) is 9.90 Å². The van der Waals surface area contributed by atoms with Crippen LogP contribution in [-0.4, -0.2) is 60.1 Å². The zero-order valence-corrected chi connectivity index (χ0v) is 13.4. The Bertz CT molecular complexity index is 366. The number of hydrogen-bond donors (Lipinski definition) is 1. The summed E-state index contributed by atoms with van der Waals surface area (Å²) in [4.78, 5) is 16.7. The summed E-state index contributed by atoms with van der Waals surface area (Å²) in [6.45, 7) is 5.95. The van der Waals surface area contributed by atoms with Gasteiger partial charge in [-0.25, -0.2) is 0 Å². The second kappa shape index (κ2) is 7.41. The third kappa shape index (κ3) is 4.07. The third-order valence-electron chi connectivity index (χ3n) is 5.26. The minimum atomic E-state index is -0.165. The lowest BCUT2D eigenvalue weighted by Crippen LogP contribution is -2.50. The van der Waals surface area contributed by atoms with Crippen molar-refractivity contribution in [2.75, 3.05) is 33.3 Å². The molecule has 1 saturated carbocycles. The van der Waals surface area contributed by atoms with Crippen molar-refractivity contribution in [2.45, 2.75) is 51.0 Å². The minimum absolute atomic E-state index is 0.140. The number of aliphatic hydroxyl groups is 1. The van der Waals surface area contributed by atoms with Gasteiger partial charge in [-0.1, -0.05) is 18.9 Å². The van der Waals surface area contributed by atoms with Gasteiger partial charge in [-0.2, -0.15) is 0 Å². The summed E-state index contributed by atoms with van der Waals surface area (Å²) in [6.07, 6.45) is 9.65. The van der Waals surface area contributed by atoms with E-state index in [1.807, 2.05) is 11.0 Å². The van der Waals surface area contributed by atoms with Gasteiger partial charge in [-0.3, -0.25) is 9.69 Å². The van der Waals surface area contributed by atoms with Crippen LogP contribution in [0.1, 0.15) is 44.9 Å². The number of hydrogen-bond acceptors (Lipinski definition) is 3. The summed E-state index contributed by atoms with van der Waals surface area (Å²) in [6, 6.07) is 0.578. The Kier molecular flexibility index (Phi) is 5.82. The molecule has 0 bridgehead atoms. The second-order valence-corrected chi connectivity index (χ2v) is 6.92. The minimum Gasteiger partial charge on any atom is -0.396 e. The number of carbonyl (C=O) groups is 1. The largest absolute Gasteiger partial charge is 0.396 e. The fourth-order valence-electron chi connectivity index (χ4n) is 3.87. The van der Waals surface area contributed by atoms with E-state index in [1.54, 1.807) is 0 Å². The monoisotopic (exact) mass is 294 g/mol. The number of amides is 1. The summed E-state index contributed by atoms with van der Waals surface area (Å²) >= 11 is 0. The number of carbonyl (C=O) groups excluding carboxylic acids is 1. The molecule has 1 saturated heterocycles. The molecule has 1 heterocycles. The van der Waals surface area contributed by atoms with E-state index in [1.165, 1.54) is 25.7 Å². The van der Waals surface area contributed by atoms with Gasteiger partial charge >= 0.3 is 0 Å². The van der Waals surface area contributed by atoms with E-state index in [0.717, 1.165) is 25.8 Å². The second-order valence-electron chi connectivity index (χ2n) is 6.92. The quantitative estimate of drug-likeness (QED) is 0.762. The Morgan fingerprint density at radius 3 is 2.76 bits per heavy atom. The van der Waals surface area contributed by atoms with Crippen molar-refractivity contribution in [2.24, 2.45) is 5.41 Å². The number of likely N-dealkylation sites (tertiary alicyclic amines) is 1. The molecule has 1 N–H and O–H groups in total. The van der Waals surface area contributed by atoms with Crippen molar-refractivity contribution in [1.29, 1.82) is 0 Å². The van der Waals surface area contributed by atoms with Crippen LogP contribution in [-0.2, 0) is 4.79 Å². The first-order valence-electron chi connectivity index (χ1n) is 8.30. The third-order valence-corrected chi connectivity index (χ3v) is 5.26. The predicted molar refractivity (Wildman–Crippen MR) is 85.0 cm³/mol. The van der Waals surface area contributed by atoms with Crippen molar-refractivity contribution in [1.82, 2.24) is 9.80 Å². The van der Waals surface area contributed by atoms with Gasteiger partial charge in [0, 0.05) is 24.5 Å². The molecule has 0 aromatic heterocycles. The lowest BCUT2D eigenvalue weighted by atomic mass is 9.78. The molecule has 21 heavy (non-hydrogen) atoms. The zero-order valence-electron chi connectivity index (χ0n) is 13.4. The zero-order chi connectivity index (χ0) is 15.3. The topological polar surface area (TPSA) is 43.8 Å². The summed E-state index contributed by atoms with van der Waals surface area (Å²) in [7, 11) is 2.07. The van der Waals surface area contributed by atoms with E-state index in [0.29, 0.717) is 19.1 Å². The lowest BCUT2D eigenvalue weighted by Gasteiger charge is -2.42. The molecule has 4 heteroatoms. The Balaban J connectivity index is 1.90. The van der Waals surface area contributed by atoms with E-state index < -0.39 is 0 Å². The molecule has 0 spiro atoms. The van der Waals surface area contributed by atoms with Crippen molar-refractivity contribution in [3.05, 3.63) is 12.7 Å². The van der Waals surface area contributed by atoms with Crippen LogP contribution in [0.5, 0.6) is 0 Å². The number of likely N-dealkylation sites (N-methyl/N-ethyl adjacent to an activating group) is 1. The maximum atomic E-state index is 12.5. The molecule has 0 unspecified atom stereocenters. The van der Waals surface area contributed by atoms with Gasteiger partial charge in [0.15, 0.2) is 0 Å². The Morgan fingerprint density at radius 1 is 1.43 bits per heavy atom. The van der Waals surface area contributed by atoms with Gasteiger partial charge in [0.1, 0.15) is 0 Å². The van der Waals surface area contributed by atoms with Gasteiger partial charge in [-0.15, -0.1) is 6.58 Å². The average Bonchev–Trinajstić information content (AvgIpc) is 3.02. The van der Waals surface area contributed by atoms with Crippen LogP contribution in [0, 0.1) is 5.41 Å². The molecule has 0 radical (unpaired) electrons. The molecular weight excluding hydrogens is 264 g/mol. The number of piperidine rings is 1. The summed E-state index contributed by atoms with van der Waals surface area (Å²) < 4.78 is 0. The van der Waals surface area contributed by atoms with Crippen LogP contribution in [0.2, 0.25) is 0 Å². The molecule has 1 aliphatic carbocycles. The number of rotatable bonds is 6. The van der Waals surface area contributed by atoms with Crippen LogP contribution in [0.25, 0.3) is 0 Å². The van der Waals surface area contributed by atoms with E-state index in [4.69, 9.17) is 0 Å². The van der Waals surface area contributed by atoms with E-state index >= 15 is 0 Å². The van der Waals surface area contributed by atoms with Gasteiger partial charge in [0.2, 0.25) is 5.91 Å². The SMILES string of the molecule is C=CC[C@@]1(CO)CCCN(C(=O)CN(C)C2CCCC2)C1. The summed E-state index contributed by atoms with van der Waals surface area (Å²) in [5.41, 5.74) is -0.165. The van der Waals surface area contributed by atoms with Crippen LogP contribution in [0.3, 0.4) is 0 Å². The van der Waals surface area contributed by atoms with Crippen LogP contribution in [0.15, 0.2) is 12.7 Å². The normalized spacial score (nSPS) is 27.3. The van der Waals surface area contributed by atoms with Crippen LogP contribution >= 0.6 is 0 Å². The van der Waals surface area contributed by atoms with Crippen molar-refractivity contribution >= 4 is 5.91 Å². The number of aliphatic hydroxyl groups excluding tert-OH is 1. The first kappa shape index (κ1) is 16.5. The Labute approximate surface area is 128 Å². The maximum Gasteiger partial charge on any atom is 0.236 e. The average molecular weight is 294 g/mol. The van der Waals surface area contributed by atoms with Crippen LogP contribution in [0.4, 0.5) is 0 Å². The molecular formula is C17H30N2O2. The molecule has 0 aromatic carbocycles. The van der Waals surface area contributed by atoms with E-state index in [-0.39, 0.29) is 17.9 Å². The van der Waals surface area contributed by atoms with Crippen molar-refractivity contribution in [3.63, 3.8) is 0 Å². The van der Waals surface area contributed by atoms with Gasteiger partial charge < -0.3 is 10.0 Å². The Hall–Kier alpha value is -0.870. The number of nitrogens with zero attached hydrogens (tertiary/aromatic N) is 2. The smallest absolute Gasteiger partial charge is 0.236 e. The highest BCUT2D eigenvalue weighted by molar-refractivity contribution is 5.78. The molecule has 0 aromatic rings. The molecule has 2 rings (SSSR count). The molecule has 1 amide bonds. The highest BCUT2D eigenvalue weighted by Crippen LogP contribution is 2.33. The van der Waals surface area contributed by atoms with Crippen molar-refractivity contribution < 1.29 is 9.90 Å². The Morgan fingerprint density at radius 2 is 2.14 bits per heavy atom. The van der Waals surface area contributed by atoms with Crippen LogP contribution < -0.4 is 0 Å². The lowest BCUT2D eigenvalue weighted by molar-refractivity contribution is -0.136. The fraction of sp³-hybridized carbons (Fsp3) is 0.824. The first-order chi connectivity index (χ1) is 10.1. The fourth-order valence-corrected chi connectivity index (χ4v) is 3.87.